The molecule has 2 aliphatic heterocycles. The molecule has 0 bridgehead atoms. The summed E-state index contributed by atoms with van der Waals surface area (Å²) in [5.74, 6) is -4.16. The molecule has 1 aromatic rings. The van der Waals surface area contributed by atoms with E-state index in [0.29, 0.717) is 12.0 Å². The maximum absolute atomic E-state index is 13.9. The van der Waals surface area contributed by atoms with Crippen molar-refractivity contribution in [2.24, 2.45) is 17.8 Å². The van der Waals surface area contributed by atoms with Crippen LogP contribution in [0.2, 0.25) is 0 Å². The van der Waals surface area contributed by atoms with Gasteiger partial charge in [0.15, 0.2) is 9.75 Å². The van der Waals surface area contributed by atoms with Crippen LogP contribution in [-0.2, 0) is 19.2 Å². The van der Waals surface area contributed by atoms with Gasteiger partial charge < -0.3 is 5.11 Å². The maximum atomic E-state index is 13.9. The van der Waals surface area contributed by atoms with Gasteiger partial charge in [-0.3, -0.25) is 29.0 Å². The van der Waals surface area contributed by atoms with Crippen molar-refractivity contribution in [1.29, 1.82) is 0 Å². The molecule has 196 valence electrons. The first-order valence-corrected chi connectivity index (χ1v) is 14.7. The lowest BCUT2D eigenvalue weighted by atomic mass is 9.56. The number of benzene rings is 1. The highest BCUT2D eigenvalue weighted by Crippen LogP contribution is 2.65. The van der Waals surface area contributed by atoms with Gasteiger partial charge in [-0.25, -0.2) is 0 Å². The number of carbonyl (C=O) groups excluding carboxylic acids is 4. The number of nitrogens with zero attached hydrogens (tertiary/aromatic N) is 2. The van der Waals surface area contributed by atoms with Crippen molar-refractivity contribution in [3.8, 4) is 5.75 Å². The smallest absolute Gasteiger partial charge is 0.254 e. The van der Waals surface area contributed by atoms with Gasteiger partial charge in [-0.2, -0.15) is 0 Å². The summed E-state index contributed by atoms with van der Waals surface area (Å²) in [6.45, 7) is 0. The van der Waals surface area contributed by atoms with Gasteiger partial charge in [0, 0.05) is 12.0 Å². The van der Waals surface area contributed by atoms with E-state index < -0.39 is 45.2 Å². The van der Waals surface area contributed by atoms with E-state index in [2.05, 4.69) is 15.9 Å². The summed E-state index contributed by atoms with van der Waals surface area (Å²) in [6.07, 6.45) is 6.95. The highest BCUT2D eigenvalue weighted by molar-refractivity contribution is 9.09. The number of likely N-dealkylation sites (tertiary alicyclic amines) is 2. The lowest BCUT2D eigenvalue weighted by Gasteiger charge is -2.50. The molecule has 3 aliphatic carbocycles. The fourth-order valence-electron chi connectivity index (χ4n) is 7.55. The molecule has 0 aromatic heterocycles. The Morgan fingerprint density at radius 2 is 1.73 bits per heavy atom. The molecule has 4 fully saturated rings. The summed E-state index contributed by atoms with van der Waals surface area (Å²) in [6, 6.07) is 6.33. The van der Waals surface area contributed by atoms with Crippen molar-refractivity contribution >= 4 is 62.8 Å². The van der Waals surface area contributed by atoms with Gasteiger partial charge >= 0.3 is 0 Å². The zero-order valence-electron chi connectivity index (χ0n) is 20.0. The van der Waals surface area contributed by atoms with E-state index in [1.165, 1.54) is 17.0 Å². The fraction of sp³-hybridized carbons (Fsp3) is 0.556. The molecule has 0 unspecified atom stereocenters. The number of allylic oxidation sites excluding steroid dienone is 2. The number of rotatable bonds is 3. The fourth-order valence-corrected chi connectivity index (χ4v) is 8.98. The Balaban J connectivity index is 1.49. The van der Waals surface area contributed by atoms with Crippen molar-refractivity contribution in [3.63, 3.8) is 0 Å². The Morgan fingerprint density at radius 1 is 1.00 bits per heavy atom. The van der Waals surface area contributed by atoms with Crippen LogP contribution >= 0.6 is 39.1 Å². The quantitative estimate of drug-likeness (QED) is 0.237. The van der Waals surface area contributed by atoms with Gasteiger partial charge in [-0.1, -0.05) is 59.0 Å². The van der Waals surface area contributed by atoms with Gasteiger partial charge in [0.1, 0.15) is 5.75 Å². The second-order valence-electron chi connectivity index (χ2n) is 10.9. The van der Waals surface area contributed by atoms with Crippen LogP contribution in [0.4, 0.5) is 0 Å². The molecule has 0 spiro atoms. The molecular formula is C27H27BrCl2N2O5. The molecule has 1 N–H and O–H groups in total. The molecule has 6 atom stereocenters. The van der Waals surface area contributed by atoms with Crippen molar-refractivity contribution in [2.45, 2.75) is 66.7 Å². The topological polar surface area (TPSA) is 95.0 Å². The molecular weight excluding hydrogens is 583 g/mol. The number of halogens is 3. The summed E-state index contributed by atoms with van der Waals surface area (Å²) in [4.78, 5) is 53.6. The first-order chi connectivity index (χ1) is 17.6. The highest BCUT2D eigenvalue weighted by atomic mass is 79.9. The van der Waals surface area contributed by atoms with Crippen molar-refractivity contribution < 1.29 is 24.3 Å². The maximum Gasteiger partial charge on any atom is 0.254 e. The molecule has 6 rings (SSSR count). The molecule has 0 radical (unpaired) electrons. The number of phenolic OH excluding ortho intramolecular Hbond substituents is 1. The van der Waals surface area contributed by atoms with Crippen molar-refractivity contribution in [1.82, 2.24) is 9.80 Å². The Labute approximate surface area is 233 Å². The first-order valence-electron chi connectivity index (χ1n) is 12.8. The molecule has 4 amide bonds. The number of carbonyl (C=O) groups is 4. The monoisotopic (exact) mass is 608 g/mol. The van der Waals surface area contributed by atoms with Crippen LogP contribution in [-0.4, -0.2) is 59.8 Å². The Hall–Kier alpha value is -1.90. The van der Waals surface area contributed by atoms with Crippen LogP contribution in [0.5, 0.6) is 5.75 Å². The molecule has 37 heavy (non-hydrogen) atoms. The third kappa shape index (κ3) is 3.31. The lowest BCUT2D eigenvalue weighted by Crippen LogP contribution is -2.60. The van der Waals surface area contributed by atoms with Crippen LogP contribution in [0.3, 0.4) is 0 Å². The van der Waals surface area contributed by atoms with Crippen molar-refractivity contribution in [3.05, 3.63) is 41.5 Å². The van der Waals surface area contributed by atoms with Crippen LogP contribution in [0.1, 0.15) is 56.4 Å². The Bertz CT molecular complexity index is 1250. The summed E-state index contributed by atoms with van der Waals surface area (Å²) in [7, 11) is 0. The zero-order valence-corrected chi connectivity index (χ0v) is 23.1. The van der Waals surface area contributed by atoms with E-state index in [1.807, 2.05) is 6.08 Å². The number of amides is 4. The SMILES string of the molecule is O=C1[C@H]2[C@H](CC=C3[C@H]2C[C@@]2(Cl)C(=O)N(CBr)C(=O)[C@@]2(Cl)[C@H]3c2cccc(O)c2)C(=O)N1C1CCCCC1. The molecule has 2 saturated heterocycles. The number of hydrogen-bond donors (Lipinski definition) is 1. The van der Waals surface area contributed by atoms with Gasteiger partial charge in [0.2, 0.25) is 11.8 Å². The number of alkyl halides is 3. The second kappa shape index (κ2) is 8.82. The van der Waals surface area contributed by atoms with Gasteiger partial charge in [-0.15, -0.1) is 23.2 Å². The molecule has 2 saturated carbocycles. The van der Waals surface area contributed by atoms with Crippen LogP contribution in [0.25, 0.3) is 0 Å². The van der Waals surface area contributed by atoms with Gasteiger partial charge in [-0.05, 0) is 49.3 Å². The standard InChI is InChI=1S/C27H27BrCl2N2O5/c28-13-31-24(36)26(29)12-19-17(21(27(26,30)25(31)37)14-5-4-8-16(33)11-14)9-10-18-20(19)23(35)32(22(18)34)15-6-2-1-3-7-15/h4-5,8-9,11,15,18-21,33H,1-3,6-7,10,12-13H2/t18-,19+,20-,21-,26+,27-/m0/s1. The molecule has 5 aliphatic rings. The lowest BCUT2D eigenvalue weighted by molar-refractivity contribution is -0.144. The van der Waals surface area contributed by atoms with Crippen LogP contribution in [0, 0.1) is 17.8 Å². The molecule has 10 heteroatoms. The van der Waals surface area contributed by atoms with Crippen LogP contribution < -0.4 is 0 Å². The van der Waals surface area contributed by atoms with Gasteiger partial charge in [0.25, 0.3) is 11.8 Å². The predicted octanol–water partition coefficient (Wildman–Crippen LogP) is 4.44. The summed E-state index contributed by atoms with van der Waals surface area (Å²) >= 11 is 17.6. The number of hydrogen-bond acceptors (Lipinski definition) is 5. The Kier molecular flexibility index (Phi) is 6.05. The third-order valence-electron chi connectivity index (χ3n) is 9.19. The normalized spacial score (nSPS) is 38.0. The van der Waals surface area contributed by atoms with E-state index in [-0.39, 0.29) is 35.5 Å². The predicted molar refractivity (Wildman–Crippen MR) is 140 cm³/mol. The molecule has 7 nitrogen and oxygen atoms in total. The first kappa shape index (κ1) is 25.4. The summed E-state index contributed by atoms with van der Waals surface area (Å²) < 4.78 is 0. The highest BCUT2D eigenvalue weighted by Gasteiger charge is 2.76. The molecule has 2 heterocycles. The average Bonchev–Trinajstić information content (AvgIpc) is 3.22. The van der Waals surface area contributed by atoms with Crippen LogP contribution in [0.15, 0.2) is 35.9 Å². The van der Waals surface area contributed by atoms with E-state index in [4.69, 9.17) is 23.2 Å². The van der Waals surface area contributed by atoms with E-state index in [9.17, 15) is 24.3 Å². The third-order valence-corrected chi connectivity index (χ3v) is 11.1. The number of phenols is 1. The minimum atomic E-state index is -1.85. The van der Waals surface area contributed by atoms with E-state index >= 15 is 0 Å². The second-order valence-corrected chi connectivity index (χ2v) is 12.7. The number of imide groups is 2. The number of aromatic hydroxyl groups is 1. The Morgan fingerprint density at radius 3 is 2.41 bits per heavy atom. The van der Waals surface area contributed by atoms with E-state index in [0.717, 1.165) is 42.6 Å². The van der Waals surface area contributed by atoms with Crippen molar-refractivity contribution in [2.75, 3.05) is 5.45 Å². The number of fused-ring (bicyclic) bond motifs is 4. The largest absolute Gasteiger partial charge is 0.508 e. The van der Waals surface area contributed by atoms with Gasteiger partial charge in [0.05, 0.1) is 17.3 Å². The summed E-state index contributed by atoms with van der Waals surface area (Å²) in [5, 5.41) is 10.3. The summed E-state index contributed by atoms with van der Waals surface area (Å²) in [5.41, 5.74) is 1.21. The molecule has 1 aromatic carbocycles. The zero-order chi connectivity index (χ0) is 26.3. The minimum Gasteiger partial charge on any atom is -0.508 e. The van der Waals surface area contributed by atoms with E-state index in [1.54, 1.807) is 12.1 Å². The minimum absolute atomic E-state index is 0.0148. The average molecular weight is 610 g/mol.